The lowest BCUT2D eigenvalue weighted by Gasteiger charge is -2.20. The van der Waals surface area contributed by atoms with Crippen molar-refractivity contribution >= 4 is 11.8 Å². The number of H-pyrrole nitrogens is 1. The quantitative estimate of drug-likeness (QED) is 0.824. The zero-order valence-corrected chi connectivity index (χ0v) is 10.4. The third kappa shape index (κ3) is 3.49. The van der Waals surface area contributed by atoms with Gasteiger partial charge < -0.3 is 5.73 Å². The third-order valence-corrected chi connectivity index (χ3v) is 4.34. The lowest BCUT2D eigenvalue weighted by atomic mass is 10.0. The van der Waals surface area contributed by atoms with Crippen LogP contribution in [0.15, 0.2) is 0 Å². The summed E-state index contributed by atoms with van der Waals surface area (Å²) < 4.78 is 0. The second-order valence-corrected chi connectivity index (χ2v) is 5.60. The highest BCUT2D eigenvalue weighted by Crippen LogP contribution is 2.29. The van der Waals surface area contributed by atoms with Gasteiger partial charge in [0, 0.05) is 11.7 Å². The minimum absolute atomic E-state index is 0.618. The maximum atomic E-state index is 5.46. The van der Waals surface area contributed by atoms with Gasteiger partial charge in [0.05, 0.1) is 5.75 Å². The summed E-state index contributed by atoms with van der Waals surface area (Å²) in [5, 5.41) is 7.96. The van der Waals surface area contributed by atoms with Gasteiger partial charge >= 0.3 is 0 Å². The Hall–Kier alpha value is -0.550. The summed E-state index contributed by atoms with van der Waals surface area (Å²) in [5.74, 6) is 2.81. The molecule has 0 saturated heterocycles. The first-order valence-corrected chi connectivity index (χ1v) is 7.15. The van der Waals surface area contributed by atoms with Crippen LogP contribution in [0.1, 0.15) is 43.8 Å². The molecule has 0 radical (unpaired) electrons. The molecule has 1 aliphatic rings. The molecule has 1 aromatic rings. The van der Waals surface area contributed by atoms with Gasteiger partial charge in [0.2, 0.25) is 0 Å². The van der Waals surface area contributed by atoms with E-state index in [1.54, 1.807) is 0 Å². The van der Waals surface area contributed by atoms with Crippen molar-refractivity contribution in [2.24, 2.45) is 5.73 Å². The van der Waals surface area contributed by atoms with Gasteiger partial charge in [-0.1, -0.05) is 19.3 Å². The minimum atomic E-state index is 0.618. The van der Waals surface area contributed by atoms with Gasteiger partial charge in [-0.3, -0.25) is 5.10 Å². The molecule has 0 amide bonds. The van der Waals surface area contributed by atoms with E-state index >= 15 is 0 Å². The monoisotopic (exact) mass is 240 g/mol. The summed E-state index contributed by atoms with van der Waals surface area (Å²) in [5.41, 5.74) is 5.46. The summed E-state index contributed by atoms with van der Waals surface area (Å²) >= 11 is 2.02. The molecule has 1 heterocycles. The molecule has 0 aromatic carbocycles. The van der Waals surface area contributed by atoms with Gasteiger partial charge in [0.1, 0.15) is 5.82 Å². The van der Waals surface area contributed by atoms with Crippen LogP contribution in [0, 0.1) is 0 Å². The third-order valence-electron chi connectivity index (χ3n) is 2.95. The molecule has 4 nitrogen and oxygen atoms in total. The number of nitrogens with two attached hydrogens (primary N) is 1. The number of rotatable bonds is 5. The number of aromatic amines is 1. The standard InChI is InChI=1S/C11H20N4S/c12-7-6-10-13-11(15-14-10)8-16-9-4-2-1-3-5-9/h9H,1-8,12H2,(H,13,14,15). The molecule has 1 aromatic heterocycles. The van der Waals surface area contributed by atoms with E-state index in [0.717, 1.165) is 29.1 Å². The van der Waals surface area contributed by atoms with Crippen molar-refractivity contribution in [3.8, 4) is 0 Å². The number of aromatic nitrogens is 3. The molecule has 1 saturated carbocycles. The second kappa shape index (κ2) is 6.25. The Kier molecular flexibility index (Phi) is 4.66. The second-order valence-electron chi connectivity index (χ2n) is 4.31. The number of hydrogen-bond donors (Lipinski definition) is 2. The number of hydrogen-bond acceptors (Lipinski definition) is 4. The highest BCUT2D eigenvalue weighted by Gasteiger charge is 2.14. The molecular weight excluding hydrogens is 220 g/mol. The van der Waals surface area contributed by atoms with Crippen molar-refractivity contribution < 1.29 is 0 Å². The molecule has 2 rings (SSSR count). The molecule has 16 heavy (non-hydrogen) atoms. The Morgan fingerprint density at radius 3 is 2.88 bits per heavy atom. The van der Waals surface area contributed by atoms with Crippen LogP contribution in [-0.4, -0.2) is 27.0 Å². The van der Waals surface area contributed by atoms with E-state index in [-0.39, 0.29) is 0 Å². The lowest BCUT2D eigenvalue weighted by molar-refractivity contribution is 0.516. The zero-order chi connectivity index (χ0) is 11.2. The number of nitrogens with one attached hydrogen (secondary N) is 1. The van der Waals surface area contributed by atoms with Crippen LogP contribution in [0.25, 0.3) is 0 Å². The predicted octanol–water partition coefficient (Wildman–Crippen LogP) is 1.87. The van der Waals surface area contributed by atoms with E-state index in [2.05, 4.69) is 15.2 Å². The summed E-state index contributed by atoms with van der Waals surface area (Å²) in [6.07, 6.45) is 7.71. The summed E-state index contributed by atoms with van der Waals surface area (Å²) in [6.45, 7) is 0.618. The first-order chi connectivity index (χ1) is 7.88. The lowest BCUT2D eigenvalue weighted by Crippen LogP contribution is -2.08. The van der Waals surface area contributed by atoms with Gasteiger partial charge in [0.25, 0.3) is 0 Å². The summed E-state index contributed by atoms with van der Waals surface area (Å²) in [4.78, 5) is 4.42. The highest BCUT2D eigenvalue weighted by atomic mass is 32.2. The Balaban J connectivity index is 1.75. The van der Waals surface area contributed by atoms with Crippen LogP contribution in [0.2, 0.25) is 0 Å². The van der Waals surface area contributed by atoms with E-state index in [0.29, 0.717) is 6.54 Å². The van der Waals surface area contributed by atoms with Crippen molar-refractivity contribution in [1.82, 2.24) is 15.2 Å². The molecule has 0 atom stereocenters. The average Bonchev–Trinajstić information content (AvgIpc) is 2.76. The van der Waals surface area contributed by atoms with E-state index in [1.807, 2.05) is 11.8 Å². The van der Waals surface area contributed by atoms with Crippen molar-refractivity contribution in [3.63, 3.8) is 0 Å². The maximum absolute atomic E-state index is 5.46. The Labute approximate surface area is 101 Å². The fraction of sp³-hybridized carbons (Fsp3) is 0.818. The molecule has 1 aliphatic carbocycles. The van der Waals surface area contributed by atoms with Gasteiger partial charge in [-0.05, 0) is 19.4 Å². The first kappa shape index (κ1) is 11.9. The van der Waals surface area contributed by atoms with Crippen LogP contribution in [0.3, 0.4) is 0 Å². The van der Waals surface area contributed by atoms with E-state index in [1.165, 1.54) is 32.1 Å². The van der Waals surface area contributed by atoms with Gasteiger partial charge in [-0.25, -0.2) is 4.98 Å². The van der Waals surface area contributed by atoms with E-state index in [4.69, 9.17) is 5.73 Å². The van der Waals surface area contributed by atoms with Gasteiger partial charge in [0.15, 0.2) is 5.82 Å². The molecule has 0 bridgehead atoms. The normalized spacial score (nSPS) is 17.8. The SMILES string of the molecule is NCCc1n[nH]c(CSC2CCCCC2)n1. The molecule has 3 N–H and O–H groups in total. The molecule has 0 aliphatic heterocycles. The van der Waals surface area contributed by atoms with Crippen LogP contribution in [0.5, 0.6) is 0 Å². The minimum Gasteiger partial charge on any atom is -0.330 e. The Morgan fingerprint density at radius 2 is 2.12 bits per heavy atom. The van der Waals surface area contributed by atoms with Crippen molar-refractivity contribution in [1.29, 1.82) is 0 Å². The van der Waals surface area contributed by atoms with Crippen molar-refractivity contribution in [2.45, 2.75) is 49.5 Å². The highest BCUT2D eigenvalue weighted by molar-refractivity contribution is 7.99. The van der Waals surface area contributed by atoms with Crippen LogP contribution in [0.4, 0.5) is 0 Å². The first-order valence-electron chi connectivity index (χ1n) is 6.10. The average molecular weight is 240 g/mol. The van der Waals surface area contributed by atoms with E-state index in [9.17, 15) is 0 Å². The largest absolute Gasteiger partial charge is 0.330 e. The summed E-state index contributed by atoms with van der Waals surface area (Å²) in [6, 6.07) is 0. The van der Waals surface area contributed by atoms with Gasteiger partial charge in [-0.2, -0.15) is 16.9 Å². The molecule has 0 unspecified atom stereocenters. The molecule has 90 valence electrons. The maximum Gasteiger partial charge on any atom is 0.151 e. The topological polar surface area (TPSA) is 67.6 Å². The smallest absolute Gasteiger partial charge is 0.151 e. The Bertz CT molecular complexity index is 307. The van der Waals surface area contributed by atoms with E-state index < -0.39 is 0 Å². The van der Waals surface area contributed by atoms with Crippen LogP contribution >= 0.6 is 11.8 Å². The molecular formula is C11H20N4S. The van der Waals surface area contributed by atoms with Crippen LogP contribution < -0.4 is 5.73 Å². The molecule has 0 spiro atoms. The van der Waals surface area contributed by atoms with Crippen LogP contribution in [-0.2, 0) is 12.2 Å². The van der Waals surface area contributed by atoms with Gasteiger partial charge in [-0.15, -0.1) is 0 Å². The summed E-state index contributed by atoms with van der Waals surface area (Å²) in [7, 11) is 0. The molecule has 1 fully saturated rings. The number of thioether (sulfide) groups is 1. The predicted molar refractivity (Wildman–Crippen MR) is 67.3 cm³/mol. The zero-order valence-electron chi connectivity index (χ0n) is 9.61. The molecule has 5 heteroatoms. The number of nitrogens with zero attached hydrogens (tertiary/aromatic N) is 2. The Morgan fingerprint density at radius 1 is 1.31 bits per heavy atom. The van der Waals surface area contributed by atoms with Crippen molar-refractivity contribution in [2.75, 3.05) is 6.54 Å². The fourth-order valence-corrected chi connectivity index (χ4v) is 3.26. The van der Waals surface area contributed by atoms with Crippen molar-refractivity contribution in [3.05, 3.63) is 11.6 Å². The fourth-order valence-electron chi connectivity index (χ4n) is 2.07.